The Labute approximate surface area is 141 Å². The molecule has 110 valence electrons. The minimum atomic E-state index is -0.172. The molecule has 0 bridgehead atoms. The van der Waals surface area contributed by atoms with Crippen LogP contribution in [0.15, 0.2) is 40.9 Å². The molecule has 0 aliphatic heterocycles. The van der Waals surface area contributed by atoms with Gasteiger partial charge in [-0.1, -0.05) is 35.3 Å². The van der Waals surface area contributed by atoms with Crippen LogP contribution >= 0.6 is 39.1 Å². The van der Waals surface area contributed by atoms with E-state index in [-0.39, 0.29) is 12.5 Å². The van der Waals surface area contributed by atoms with E-state index < -0.39 is 0 Å². The summed E-state index contributed by atoms with van der Waals surface area (Å²) >= 11 is 15.5. The number of benzene rings is 2. The zero-order valence-corrected chi connectivity index (χ0v) is 14.3. The van der Waals surface area contributed by atoms with E-state index in [1.165, 1.54) is 0 Å². The molecular formula is C15H13BrCl2N2O. The minimum Gasteiger partial charge on any atom is -0.375 e. The average molecular weight is 388 g/mol. The molecule has 0 aliphatic rings. The molecule has 2 aromatic carbocycles. The van der Waals surface area contributed by atoms with E-state index in [1.54, 1.807) is 12.1 Å². The molecule has 2 N–H and O–H groups in total. The fraction of sp³-hybridized carbons (Fsp3) is 0.133. The molecule has 0 saturated carbocycles. The van der Waals surface area contributed by atoms with Gasteiger partial charge in [0.1, 0.15) is 0 Å². The number of hydrogen-bond acceptors (Lipinski definition) is 2. The standard InChI is InChI=1S/C15H13BrCl2N2O/c1-9-6-12(18)14(7-11(9)17)19-8-15(21)20-13-5-3-2-4-10(13)16/h2-7,19H,8H2,1H3,(H,20,21). The molecule has 0 heterocycles. The maximum Gasteiger partial charge on any atom is 0.243 e. The number of carbonyl (C=O) groups excluding carboxylic acids is 1. The Hall–Kier alpha value is -1.23. The fourth-order valence-electron chi connectivity index (χ4n) is 1.71. The molecular weight excluding hydrogens is 375 g/mol. The zero-order valence-electron chi connectivity index (χ0n) is 11.2. The lowest BCUT2D eigenvalue weighted by molar-refractivity contribution is -0.114. The van der Waals surface area contributed by atoms with Gasteiger partial charge in [-0.25, -0.2) is 0 Å². The number of rotatable bonds is 4. The van der Waals surface area contributed by atoms with E-state index in [2.05, 4.69) is 26.6 Å². The molecule has 2 rings (SSSR count). The van der Waals surface area contributed by atoms with Gasteiger partial charge in [-0.2, -0.15) is 0 Å². The van der Waals surface area contributed by atoms with Gasteiger partial charge in [0.05, 0.1) is 22.9 Å². The second-order valence-corrected chi connectivity index (χ2v) is 6.13. The highest BCUT2D eigenvalue weighted by molar-refractivity contribution is 9.10. The summed E-state index contributed by atoms with van der Waals surface area (Å²) in [5.41, 5.74) is 2.25. The van der Waals surface area contributed by atoms with Gasteiger partial charge in [0.15, 0.2) is 0 Å². The van der Waals surface area contributed by atoms with E-state index in [0.717, 1.165) is 15.7 Å². The summed E-state index contributed by atoms with van der Waals surface area (Å²) in [6.07, 6.45) is 0. The van der Waals surface area contributed by atoms with Gasteiger partial charge in [0.2, 0.25) is 5.91 Å². The molecule has 0 aromatic heterocycles. The monoisotopic (exact) mass is 386 g/mol. The summed E-state index contributed by atoms with van der Waals surface area (Å²) in [5, 5.41) is 6.92. The number of amides is 1. The smallest absolute Gasteiger partial charge is 0.243 e. The van der Waals surface area contributed by atoms with Crippen LogP contribution in [0.1, 0.15) is 5.56 Å². The minimum absolute atomic E-state index is 0.0977. The van der Waals surface area contributed by atoms with Crippen molar-refractivity contribution in [1.82, 2.24) is 0 Å². The Bertz CT molecular complexity index is 677. The maximum atomic E-state index is 11.9. The van der Waals surface area contributed by atoms with Crippen molar-refractivity contribution in [2.45, 2.75) is 6.92 Å². The molecule has 0 saturated heterocycles. The quantitative estimate of drug-likeness (QED) is 0.764. The van der Waals surface area contributed by atoms with Crippen LogP contribution in [0.5, 0.6) is 0 Å². The molecule has 0 atom stereocenters. The predicted octanol–water partition coefficient (Wildman–Crippen LogP) is 5.11. The summed E-state index contributed by atoms with van der Waals surface area (Å²) in [6.45, 7) is 1.97. The van der Waals surface area contributed by atoms with Gasteiger partial charge in [0, 0.05) is 9.50 Å². The van der Waals surface area contributed by atoms with Gasteiger partial charge in [-0.05, 0) is 52.7 Å². The maximum absolute atomic E-state index is 11.9. The Morgan fingerprint density at radius 2 is 1.86 bits per heavy atom. The van der Waals surface area contributed by atoms with E-state index in [9.17, 15) is 4.79 Å². The number of carbonyl (C=O) groups is 1. The first-order chi connectivity index (χ1) is 9.97. The number of nitrogens with one attached hydrogen (secondary N) is 2. The molecule has 2 aromatic rings. The van der Waals surface area contributed by atoms with E-state index in [4.69, 9.17) is 23.2 Å². The van der Waals surface area contributed by atoms with E-state index >= 15 is 0 Å². The van der Waals surface area contributed by atoms with Crippen molar-refractivity contribution < 1.29 is 4.79 Å². The van der Waals surface area contributed by atoms with Crippen molar-refractivity contribution in [1.29, 1.82) is 0 Å². The first kappa shape index (κ1) is 16.1. The third-order valence-electron chi connectivity index (χ3n) is 2.84. The third kappa shape index (κ3) is 4.37. The Morgan fingerprint density at radius 3 is 2.57 bits per heavy atom. The van der Waals surface area contributed by atoms with Crippen LogP contribution in [-0.2, 0) is 4.79 Å². The number of hydrogen-bond donors (Lipinski definition) is 2. The van der Waals surface area contributed by atoms with Crippen molar-refractivity contribution in [3.05, 3.63) is 56.5 Å². The molecule has 21 heavy (non-hydrogen) atoms. The van der Waals surface area contributed by atoms with Crippen LogP contribution in [0.25, 0.3) is 0 Å². The van der Waals surface area contributed by atoms with Crippen molar-refractivity contribution in [3.63, 3.8) is 0 Å². The Balaban J connectivity index is 1.99. The zero-order chi connectivity index (χ0) is 15.4. The third-order valence-corrected chi connectivity index (χ3v) is 4.25. The molecule has 0 radical (unpaired) electrons. The van der Waals surface area contributed by atoms with E-state index in [1.807, 2.05) is 31.2 Å². The van der Waals surface area contributed by atoms with Crippen molar-refractivity contribution >= 4 is 56.4 Å². The van der Waals surface area contributed by atoms with Crippen LogP contribution < -0.4 is 10.6 Å². The number of anilines is 2. The van der Waals surface area contributed by atoms with Crippen molar-refractivity contribution in [2.24, 2.45) is 0 Å². The molecule has 0 spiro atoms. The van der Waals surface area contributed by atoms with Gasteiger partial charge in [-0.3, -0.25) is 4.79 Å². The first-order valence-corrected chi connectivity index (χ1v) is 7.76. The highest BCUT2D eigenvalue weighted by Crippen LogP contribution is 2.28. The van der Waals surface area contributed by atoms with Crippen LogP contribution in [0.3, 0.4) is 0 Å². The first-order valence-electron chi connectivity index (χ1n) is 6.21. The number of halogens is 3. The Kier molecular flexibility index (Phi) is 5.51. The second kappa shape index (κ2) is 7.16. The SMILES string of the molecule is Cc1cc(Cl)c(NCC(=O)Nc2ccccc2Br)cc1Cl. The van der Waals surface area contributed by atoms with Crippen LogP contribution in [-0.4, -0.2) is 12.5 Å². The van der Waals surface area contributed by atoms with Gasteiger partial charge in [-0.15, -0.1) is 0 Å². The highest BCUT2D eigenvalue weighted by Gasteiger charge is 2.08. The summed E-state index contributed by atoms with van der Waals surface area (Å²) in [6, 6.07) is 10.9. The van der Waals surface area contributed by atoms with Crippen LogP contribution in [0.4, 0.5) is 11.4 Å². The van der Waals surface area contributed by atoms with Gasteiger partial charge < -0.3 is 10.6 Å². The molecule has 3 nitrogen and oxygen atoms in total. The van der Waals surface area contributed by atoms with Crippen molar-refractivity contribution in [2.75, 3.05) is 17.2 Å². The van der Waals surface area contributed by atoms with Crippen LogP contribution in [0, 0.1) is 6.92 Å². The lowest BCUT2D eigenvalue weighted by atomic mass is 10.2. The van der Waals surface area contributed by atoms with Crippen LogP contribution in [0.2, 0.25) is 10.0 Å². The molecule has 0 unspecified atom stereocenters. The van der Waals surface area contributed by atoms with Gasteiger partial charge >= 0.3 is 0 Å². The Morgan fingerprint density at radius 1 is 1.14 bits per heavy atom. The fourth-order valence-corrected chi connectivity index (χ4v) is 2.55. The average Bonchev–Trinajstić information content (AvgIpc) is 2.44. The van der Waals surface area contributed by atoms with Crippen molar-refractivity contribution in [3.8, 4) is 0 Å². The number of aryl methyl sites for hydroxylation is 1. The lowest BCUT2D eigenvalue weighted by Crippen LogP contribution is -2.22. The normalized spacial score (nSPS) is 10.3. The van der Waals surface area contributed by atoms with Gasteiger partial charge in [0.25, 0.3) is 0 Å². The summed E-state index contributed by atoms with van der Waals surface area (Å²) in [7, 11) is 0. The lowest BCUT2D eigenvalue weighted by Gasteiger charge is -2.11. The summed E-state index contributed by atoms with van der Waals surface area (Å²) < 4.78 is 0.828. The largest absolute Gasteiger partial charge is 0.375 e. The predicted molar refractivity (Wildman–Crippen MR) is 92.5 cm³/mol. The number of para-hydroxylation sites is 1. The molecule has 0 fully saturated rings. The second-order valence-electron chi connectivity index (χ2n) is 4.46. The van der Waals surface area contributed by atoms with E-state index in [0.29, 0.717) is 15.7 Å². The molecule has 0 aliphatic carbocycles. The molecule has 6 heteroatoms. The highest BCUT2D eigenvalue weighted by atomic mass is 79.9. The molecule has 1 amide bonds. The topological polar surface area (TPSA) is 41.1 Å². The summed E-state index contributed by atoms with van der Waals surface area (Å²) in [5.74, 6) is -0.172. The summed E-state index contributed by atoms with van der Waals surface area (Å²) in [4.78, 5) is 11.9.